The first kappa shape index (κ1) is 17.2. The third kappa shape index (κ3) is 5.19. The average molecular weight is 337 g/mol. The van der Waals surface area contributed by atoms with Crippen molar-refractivity contribution in [3.8, 4) is 0 Å². The molecule has 124 valence electrons. The lowest BCUT2D eigenvalue weighted by atomic mass is 10.3. The van der Waals surface area contributed by atoms with Gasteiger partial charge in [-0.05, 0) is 24.8 Å². The monoisotopic (exact) mass is 337 g/mol. The van der Waals surface area contributed by atoms with Crippen molar-refractivity contribution in [2.45, 2.75) is 13.3 Å². The van der Waals surface area contributed by atoms with Crippen LogP contribution in [0.25, 0.3) is 0 Å². The molecule has 0 aromatic carbocycles. The molecule has 0 radical (unpaired) electrons. The van der Waals surface area contributed by atoms with E-state index in [-0.39, 0.29) is 18.4 Å². The van der Waals surface area contributed by atoms with Crippen molar-refractivity contribution in [1.29, 1.82) is 0 Å². The fourth-order valence-electron chi connectivity index (χ4n) is 1.99. The Hall–Kier alpha value is -2.19. The first-order valence-electron chi connectivity index (χ1n) is 7.15. The lowest BCUT2D eigenvalue weighted by Crippen LogP contribution is -2.38. The molecule has 7 nitrogen and oxygen atoms in total. The van der Waals surface area contributed by atoms with Gasteiger partial charge in [-0.15, -0.1) is 11.3 Å². The molecule has 23 heavy (non-hydrogen) atoms. The zero-order valence-electron chi connectivity index (χ0n) is 13.1. The predicted octanol–water partition coefficient (Wildman–Crippen LogP) is 2.16. The Labute approximate surface area is 138 Å². The maximum Gasteiger partial charge on any atom is 0.264 e. The third-order valence-corrected chi connectivity index (χ3v) is 3.88. The largest absolute Gasteiger partial charge is 0.385 e. The number of carbonyl (C=O) groups excluding carboxylic acids is 2. The van der Waals surface area contributed by atoms with E-state index in [4.69, 9.17) is 9.26 Å². The van der Waals surface area contributed by atoms with E-state index in [1.807, 2.05) is 11.4 Å². The number of aryl methyl sites for hydroxylation is 1. The fraction of sp³-hybridized carbons (Fsp3) is 0.400. The SMILES string of the molecule is COCCCN(CC(=O)Nc1cc(C)on1)C(=O)c1cccs1. The number of carbonyl (C=O) groups is 2. The van der Waals surface area contributed by atoms with Crippen LogP contribution < -0.4 is 5.32 Å². The van der Waals surface area contributed by atoms with E-state index < -0.39 is 0 Å². The summed E-state index contributed by atoms with van der Waals surface area (Å²) in [6, 6.07) is 5.17. The molecule has 0 bridgehead atoms. The van der Waals surface area contributed by atoms with Gasteiger partial charge >= 0.3 is 0 Å². The number of hydrogen-bond donors (Lipinski definition) is 1. The van der Waals surface area contributed by atoms with Crippen LogP contribution in [0.2, 0.25) is 0 Å². The van der Waals surface area contributed by atoms with Crippen molar-refractivity contribution >= 4 is 29.0 Å². The van der Waals surface area contributed by atoms with Gasteiger partial charge in [-0.3, -0.25) is 9.59 Å². The molecule has 0 aliphatic heterocycles. The van der Waals surface area contributed by atoms with Gasteiger partial charge < -0.3 is 19.5 Å². The summed E-state index contributed by atoms with van der Waals surface area (Å²) in [5.74, 6) is 0.461. The number of anilines is 1. The maximum absolute atomic E-state index is 12.5. The van der Waals surface area contributed by atoms with Gasteiger partial charge in [0.25, 0.3) is 5.91 Å². The number of ether oxygens (including phenoxy) is 1. The quantitative estimate of drug-likeness (QED) is 0.746. The number of amides is 2. The van der Waals surface area contributed by atoms with Gasteiger partial charge in [0.2, 0.25) is 5.91 Å². The minimum atomic E-state index is -0.319. The number of hydrogen-bond acceptors (Lipinski definition) is 6. The summed E-state index contributed by atoms with van der Waals surface area (Å²) >= 11 is 1.35. The highest BCUT2D eigenvalue weighted by atomic mass is 32.1. The first-order valence-corrected chi connectivity index (χ1v) is 8.03. The number of aromatic nitrogens is 1. The van der Waals surface area contributed by atoms with Crippen LogP contribution in [0.1, 0.15) is 21.9 Å². The van der Waals surface area contributed by atoms with E-state index in [0.717, 1.165) is 0 Å². The summed E-state index contributed by atoms with van der Waals surface area (Å²) in [7, 11) is 1.60. The smallest absolute Gasteiger partial charge is 0.264 e. The summed E-state index contributed by atoms with van der Waals surface area (Å²) in [6.45, 7) is 2.65. The molecule has 0 aliphatic carbocycles. The summed E-state index contributed by atoms with van der Waals surface area (Å²) in [5, 5.41) is 8.16. The van der Waals surface area contributed by atoms with E-state index >= 15 is 0 Å². The van der Waals surface area contributed by atoms with Gasteiger partial charge in [-0.2, -0.15) is 0 Å². The maximum atomic E-state index is 12.5. The molecule has 0 fully saturated rings. The number of thiophene rings is 1. The summed E-state index contributed by atoms with van der Waals surface area (Å²) < 4.78 is 9.90. The Kier molecular flexibility index (Phi) is 6.30. The van der Waals surface area contributed by atoms with Crippen molar-refractivity contribution < 1.29 is 18.8 Å². The highest BCUT2D eigenvalue weighted by Crippen LogP contribution is 2.13. The van der Waals surface area contributed by atoms with Crippen molar-refractivity contribution in [2.75, 3.05) is 32.1 Å². The summed E-state index contributed by atoms with van der Waals surface area (Å²) in [6.07, 6.45) is 0.657. The molecule has 0 saturated heterocycles. The van der Waals surface area contributed by atoms with Crippen LogP contribution in [0.5, 0.6) is 0 Å². The molecule has 0 spiro atoms. The standard InChI is InChI=1S/C15H19N3O4S/c1-11-9-13(17-22-11)16-14(19)10-18(6-4-7-21-2)15(20)12-5-3-8-23-12/h3,5,8-9H,4,6-7,10H2,1-2H3,(H,16,17,19). The van der Waals surface area contributed by atoms with Crippen molar-refractivity contribution in [2.24, 2.45) is 0 Å². The molecule has 0 aliphatic rings. The van der Waals surface area contributed by atoms with Gasteiger partial charge in [0.15, 0.2) is 5.82 Å². The van der Waals surface area contributed by atoms with Gasteiger partial charge in [0.1, 0.15) is 12.3 Å². The normalized spacial score (nSPS) is 10.5. The second kappa shape index (κ2) is 8.44. The van der Waals surface area contributed by atoms with Gasteiger partial charge in [0.05, 0.1) is 4.88 Å². The zero-order valence-corrected chi connectivity index (χ0v) is 13.9. The van der Waals surface area contributed by atoms with Crippen LogP contribution in [0.4, 0.5) is 5.82 Å². The van der Waals surface area contributed by atoms with Gasteiger partial charge in [0, 0.05) is 26.3 Å². The van der Waals surface area contributed by atoms with E-state index in [1.165, 1.54) is 16.2 Å². The molecule has 2 rings (SSSR count). The van der Waals surface area contributed by atoms with E-state index in [0.29, 0.717) is 36.0 Å². The van der Waals surface area contributed by atoms with Gasteiger partial charge in [-0.25, -0.2) is 0 Å². The number of nitrogens with zero attached hydrogens (tertiary/aromatic N) is 2. The number of nitrogens with one attached hydrogen (secondary N) is 1. The van der Waals surface area contributed by atoms with E-state index in [2.05, 4.69) is 10.5 Å². The van der Waals surface area contributed by atoms with Gasteiger partial charge in [-0.1, -0.05) is 11.2 Å². The molecule has 2 heterocycles. The topological polar surface area (TPSA) is 84.7 Å². The van der Waals surface area contributed by atoms with Crippen LogP contribution in [-0.4, -0.2) is 48.7 Å². The molecular formula is C15H19N3O4S. The van der Waals surface area contributed by atoms with Crippen molar-refractivity contribution in [1.82, 2.24) is 10.1 Å². The molecule has 0 atom stereocenters. The molecule has 0 unspecified atom stereocenters. The molecule has 2 amide bonds. The average Bonchev–Trinajstić information content (AvgIpc) is 3.17. The van der Waals surface area contributed by atoms with Crippen LogP contribution in [-0.2, 0) is 9.53 Å². The van der Waals surface area contributed by atoms with Crippen LogP contribution in [0.3, 0.4) is 0 Å². The first-order chi connectivity index (χ1) is 11.1. The summed E-state index contributed by atoms with van der Waals surface area (Å²) in [5.41, 5.74) is 0. The third-order valence-electron chi connectivity index (χ3n) is 3.03. The lowest BCUT2D eigenvalue weighted by molar-refractivity contribution is -0.117. The molecule has 8 heteroatoms. The van der Waals surface area contributed by atoms with Crippen LogP contribution in [0.15, 0.2) is 28.1 Å². The minimum Gasteiger partial charge on any atom is -0.385 e. The van der Waals surface area contributed by atoms with E-state index in [1.54, 1.807) is 26.2 Å². The van der Waals surface area contributed by atoms with E-state index in [9.17, 15) is 9.59 Å². The zero-order chi connectivity index (χ0) is 16.7. The molecular weight excluding hydrogens is 318 g/mol. The number of methoxy groups -OCH3 is 1. The Morgan fingerprint density at radius 3 is 2.91 bits per heavy atom. The Morgan fingerprint density at radius 1 is 1.48 bits per heavy atom. The fourth-order valence-corrected chi connectivity index (χ4v) is 2.68. The Balaban J connectivity index is 1.98. The second-order valence-electron chi connectivity index (χ2n) is 4.92. The Bertz CT molecular complexity index is 639. The molecule has 2 aromatic heterocycles. The van der Waals surface area contributed by atoms with Crippen molar-refractivity contribution in [3.63, 3.8) is 0 Å². The highest BCUT2D eigenvalue weighted by molar-refractivity contribution is 7.12. The molecule has 2 aromatic rings. The van der Waals surface area contributed by atoms with Crippen molar-refractivity contribution in [3.05, 3.63) is 34.2 Å². The number of rotatable bonds is 8. The predicted molar refractivity (Wildman–Crippen MR) is 86.6 cm³/mol. The molecule has 1 N–H and O–H groups in total. The molecule has 0 saturated carbocycles. The summed E-state index contributed by atoms with van der Waals surface area (Å²) in [4.78, 5) is 26.7. The van der Waals surface area contributed by atoms with Crippen LogP contribution >= 0.6 is 11.3 Å². The second-order valence-corrected chi connectivity index (χ2v) is 5.87. The Morgan fingerprint density at radius 2 is 2.30 bits per heavy atom. The lowest BCUT2D eigenvalue weighted by Gasteiger charge is -2.21. The highest BCUT2D eigenvalue weighted by Gasteiger charge is 2.20. The van der Waals surface area contributed by atoms with Crippen LogP contribution in [0, 0.1) is 6.92 Å². The minimum absolute atomic E-state index is 0.0493.